The van der Waals surface area contributed by atoms with Gasteiger partial charge in [0.25, 0.3) is 0 Å². The number of ether oxygens (including phenoxy) is 1. The van der Waals surface area contributed by atoms with Crippen LogP contribution in [0.25, 0.3) is 0 Å². The van der Waals surface area contributed by atoms with Gasteiger partial charge in [-0.15, -0.1) is 0 Å². The Labute approximate surface area is 66.9 Å². The average molecular weight is 154 g/mol. The quantitative estimate of drug-likeness (QED) is 0.497. The maximum Gasteiger partial charge on any atom is 0.306 e. The maximum atomic E-state index is 10.9. The van der Waals surface area contributed by atoms with Crippen molar-refractivity contribution in [2.45, 2.75) is 38.7 Å². The second-order valence-electron chi connectivity index (χ2n) is 3.91. The van der Waals surface area contributed by atoms with Gasteiger partial charge < -0.3 is 4.74 Å². The zero-order chi connectivity index (χ0) is 7.84. The van der Waals surface area contributed by atoms with Crippen molar-refractivity contribution in [3.05, 3.63) is 0 Å². The summed E-state index contributed by atoms with van der Waals surface area (Å²) in [5.74, 6) is 1.33. The molecule has 1 aliphatic heterocycles. The summed E-state index contributed by atoms with van der Waals surface area (Å²) in [7, 11) is 0. The molecule has 2 aliphatic rings. The van der Waals surface area contributed by atoms with Crippen LogP contribution in [0.2, 0.25) is 0 Å². The van der Waals surface area contributed by atoms with Gasteiger partial charge in [0.05, 0.1) is 6.42 Å². The largest absolute Gasteiger partial charge is 0.462 e. The van der Waals surface area contributed by atoms with E-state index in [4.69, 9.17) is 4.74 Å². The second kappa shape index (κ2) is 2.50. The van der Waals surface area contributed by atoms with Gasteiger partial charge in [0, 0.05) is 5.92 Å². The van der Waals surface area contributed by atoms with Gasteiger partial charge in [-0.25, -0.2) is 0 Å². The van der Waals surface area contributed by atoms with Crippen molar-refractivity contribution < 1.29 is 9.53 Å². The first kappa shape index (κ1) is 7.14. The Morgan fingerprint density at radius 2 is 2.27 bits per heavy atom. The average Bonchev–Trinajstić information content (AvgIpc) is 2.27. The Kier molecular flexibility index (Phi) is 1.63. The lowest BCUT2D eigenvalue weighted by molar-refractivity contribution is -0.142. The smallest absolute Gasteiger partial charge is 0.306 e. The van der Waals surface area contributed by atoms with Crippen LogP contribution in [0, 0.1) is 11.8 Å². The normalized spacial score (nSPS) is 43.4. The molecule has 0 aromatic heterocycles. The lowest BCUT2D eigenvalue weighted by Crippen LogP contribution is -2.24. The van der Waals surface area contributed by atoms with Crippen molar-refractivity contribution in [3.8, 4) is 0 Å². The van der Waals surface area contributed by atoms with Crippen molar-refractivity contribution in [2.24, 2.45) is 11.8 Å². The van der Waals surface area contributed by atoms with Crippen molar-refractivity contribution in [1.29, 1.82) is 0 Å². The van der Waals surface area contributed by atoms with Crippen LogP contribution in [0.3, 0.4) is 0 Å². The molecular formula is C9H14O2. The van der Waals surface area contributed by atoms with E-state index < -0.39 is 0 Å². The fraction of sp³-hybridized carbons (Fsp3) is 0.889. The van der Waals surface area contributed by atoms with E-state index in [2.05, 4.69) is 6.92 Å². The standard InChI is InChI=1S/C9H14O2/c1-6-2-3-7-5-9(10)11-8(7)4-6/h6-8H,2-5H2,1H3/t6-,7-,8-/m1/s1. The highest BCUT2D eigenvalue weighted by molar-refractivity contribution is 5.72. The van der Waals surface area contributed by atoms with E-state index in [0.29, 0.717) is 12.3 Å². The van der Waals surface area contributed by atoms with E-state index in [-0.39, 0.29) is 12.1 Å². The molecule has 0 unspecified atom stereocenters. The maximum absolute atomic E-state index is 10.9. The van der Waals surface area contributed by atoms with Crippen LogP contribution in [0.15, 0.2) is 0 Å². The zero-order valence-corrected chi connectivity index (χ0v) is 6.88. The summed E-state index contributed by atoms with van der Waals surface area (Å²) in [6.45, 7) is 2.24. The zero-order valence-electron chi connectivity index (χ0n) is 6.88. The molecule has 1 aliphatic carbocycles. The third kappa shape index (κ3) is 1.26. The van der Waals surface area contributed by atoms with E-state index in [1.54, 1.807) is 0 Å². The van der Waals surface area contributed by atoms with Gasteiger partial charge >= 0.3 is 5.97 Å². The first-order chi connectivity index (χ1) is 5.25. The SMILES string of the molecule is C[C@@H]1CC[C@@H]2CC(=O)O[C@@H]2C1. The number of hydrogen-bond donors (Lipinski definition) is 0. The molecule has 1 heterocycles. The molecule has 3 atom stereocenters. The van der Waals surface area contributed by atoms with Gasteiger partial charge in [-0.1, -0.05) is 13.3 Å². The van der Waals surface area contributed by atoms with Crippen LogP contribution in [0.1, 0.15) is 32.6 Å². The molecule has 1 saturated carbocycles. The van der Waals surface area contributed by atoms with Crippen molar-refractivity contribution >= 4 is 5.97 Å². The Morgan fingerprint density at radius 3 is 3.09 bits per heavy atom. The predicted octanol–water partition coefficient (Wildman–Crippen LogP) is 1.74. The minimum atomic E-state index is 0.0223. The van der Waals surface area contributed by atoms with Gasteiger partial charge in [0.15, 0.2) is 0 Å². The summed E-state index contributed by atoms with van der Waals surface area (Å²) >= 11 is 0. The van der Waals surface area contributed by atoms with E-state index >= 15 is 0 Å². The van der Waals surface area contributed by atoms with Gasteiger partial charge in [-0.05, 0) is 18.8 Å². The van der Waals surface area contributed by atoms with E-state index in [9.17, 15) is 4.79 Å². The number of rotatable bonds is 0. The summed E-state index contributed by atoms with van der Waals surface area (Å²) in [6.07, 6.45) is 4.51. The van der Waals surface area contributed by atoms with Crippen LogP contribution in [-0.2, 0) is 9.53 Å². The molecule has 11 heavy (non-hydrogen) atoms. The molecule has 2 fully saturated rings. The van der Waals surface area contributed by atoms with Gasteiger partial charge in [-0.3, -0.25) is 4.79 Å². The highest BCUT2D eigenvalue weighted by Gasteiger charge is 2.38. The molecule has 2 rings (SSSR count). The van der Waals surface area contributed by atoms with Crippen LogP contribution < -0.4 is 0 Å². The minimum absolute atomic E-state index is 0.0223. The summed E-state index contributed by atoms with van der Waals surface area (Å²) in [5, 5.41) is 0. The third-order valence-electron chi connectivity index (χ3n) is 2.90. The van der Waals surface area contributed by atoms with Crippen LogP contribution in [0.5, 0.6) is 0 Å². The Bertz CT molecular complexity index is 176. The molecule has 62 valence electrons. The minimum Gasteiger partial charge on any atom is -0.462 e. The first-order valence-electron chi connectivity index (χ1n) is 4.45. The number of carbonyl (C=O) groups is 1. The summed E-state index contributed by atoms with van der Waals surface area (Å²) in [5.41, 5.74) is 0. The topological polar surface area (TPSA) is 26.3 Å². The number of esters is 1. The molecule has 0 aromatic carbocycles. The molecule has 0 spiro atoms. The molecule has 0 radical (unpaired) electrons. The van der Waals surface area contributed by atoms with Crippen LogP contribution in [0.4, 0.5) is 0 Å². The summed E-state index contributed by atoms with van der Waals surface area (Å²) in [4.78, 5) is 10.9. The Balaban J connectivity index is 2.02. The Morgan fingerprint density at radius 1 is 1.45 bits per heavy atom. The summed E-state index contributed by atoms with van der Waals surface area (Å²) in [6, 6.07) is 0. The molecule has 0 aromatic rings. The molecule has 0 bridgehead atoms. The van der Waals surface area contributed by atoms with Gasteiger partial charge in [0.2, 0.25) is 0 Å². The van der Waals surface area contributed by atoms with E-state index in [1.807, 2.05) is 0 Å². The second-order valence-corrected chi connectivity index (χ2v) is 3.91. The Hall–Kier alpha value is -0.530. The summed E-state index contributed by atoms with van der Waals surface area (Å²) < 4.78 is 5.20. The lowest BCUT2D eigenvalue weighted by atomic mass is 9.81. The lowest BCUT2D eigenvalue weighted by Gasteiger charge is -2.27. The molecule has 0 amide bonds. The number of hydrogen-bond acceptors (Lipinski definition) is 2. The van der Waals surface area contributed by atoms with Crippen LogP contribution >= 0.6 is 0 Å². The van der Waals surface area contributed by atoms with Gasteiger partial charge in [0.1, 0.15) is 6.10 Å². The van der Waals surface area contributed by atoms with Crippen molar-refractivity contribution in [1.82, 2.24) is 0 Å². The van der Waals surface area contributed by atoms with Crippen LogP contribution in [-0.4, -0.2) is 12.1 Å². The highest BCUT2D eigenvalue weighted by Crippen LogP contribution is 2.37. The monoisotopic (exact) mass is 154 g/mol. The fourth-order valence-electron chi connectivity index (χ4n) is 2.20. The molecule has 2 nitrogen and oxygen atoms in total. The van der Waals surface area contributed by atoms with Gasteiger partial charge in [-0.2, -0.15) is 0 Å². The molecular weight excluding hydrogens is 140 g/mol. The fourth-order valence-corrected chi connectivity index (χ4v) is 2.20. The molecule has 1 saturated heterocycles. The third-order valence-corrected chi connectivity index (χ3v) is 2.90. The molecule has 2 heteroatoms. The predicted molar refractivity (Wildman–Crippen MR) is 41.0 cm³/mol. The van der Waals surface area contributed by atoms with E-state index in [0.717, 1.165) is 12.3 Å². The molecule has 0 N–H and O–H groups in total. The van der Waals surface area contributed by atoms with Crippen molar-refractivity contribution in [3.63, 3.8) is 0 Å². The van der Waals surface area contributed by atoms with Crippen molar-refractivity contribution in [2.75, 3.05) is 0 Å². The van der Waals surface area contributed by atoms with E-state index in [1.165, 1.54) is 12.8 Å². The number of fused-ring (bicyclic) bond motifs is 1. The highest BCUT2D eigenvalue weighted by atomic mass is 16.5. The number of carbonyl (C=O) groups excluding carboxylic acids is 1. The first-order valence-corrected chi connectivity index (χ1v) is 4.45.